The second-order valence-corrected chi connectivity index (χ2v) is 5.02. The number of benzene rings is 1. The lowest BCUT2D eigenvalue weighted by atomic mass is 9.98. The number of carbonyl (C=O) groups excluding carboxylic acids is 1. The van der Waals surface area contributed by atoms with E-state index >= 15 is 0 Å². The number of rotatable bonds is 1. The van der Waals surface area contributed by atoms with E-state index in [1.807, 2.05) is 24.0 Å². The Bertz CT molecular complexity index is 422. The first-order valence-electron chi connectivity index (χ1n) is 5.90. The molecular formula is C13H17ClN2O. The molecule has 0 saturated carbocycles. The number of nitrogens with zero attached hydrogens (tertiary/aromatic N) is 1. The summed E-state index contributed by atoms with van der Waals surface area (Å²) in [5.74, 6) is 0.00926. The number of nitrogens with two attached hydrogens (primary N) is 1. The summed E-state index contributed by atoms with van der Waals surface area (Å²) in [4.78, 5) is 14.2. The zero-order chi connectivity index (χ0) is 12.4. The van der Waals surface area contributed by atoms with Gasteiger partial charge in [0, 0.05) is 18.6 Å². The molecule has 1 amide bonds. The summed E-state index contributed by atoms with van der Waals surface area (Å²) in [6, 6.07) is 7.57. The fourth-order valence-corrected chi connectivity index (χ4v) is 2.52. The van der Waals surface area contributed by atoms with Crippen molar-refractivity contribution >= 4 is 17.5 Å². The van der Waals surface area contributed by atoms with E-state index in [0.29, 0.717) is 17.1 Å². The van der Waals surface area contributed by atoms with Gasteiger partial charge in [-0.3, -0.25) is 4.79 Å². The molecule has 0 radical (unpaired) electrons. The van der Waals surface area contributed by atoms with Crippen LogP contribution in [0, 0.1) is 0 Å². The van der Waals surface area contributed by atoms with Crippen LogP contribution in [-0.4, -0.2) is 29.4 Å². The van der Waals surface area contributed by atoms with Gasteiger partial charge in [-0.15, -0.1) is 0 Å². The highest BCUT2D eigenvalue weighted by atomic mass is 35.5. The summed E-state index contributed by atoms with van der Waals surface area (Å²) in [7, 11) is 0. The Morgan fingerprint density at radius 2 is 2.18 bits per heavy atom. The molecule has 1 heterocycles. The molecule has 1 aliphatic heterocycles. The van der Waals surface area contributed by atoms with Crippen molar-refractivity contribution in [2.75, 3.05) is 6.54 Å². The molecular weight excluding hydrogens is 236 g/mol. The summed E-state index contributed by atoms with van der Waals surface area (Å²) in [6.07, 6.45) is 1.72. The van der Waals surface area contributed by atoms with Crippen LogP contribution in [0.1, 0.15) is 30.1 Å². The lowest BCUT2D eigenvalue weighted by Crippen LogP contribution is -2.48. The summed E-state index contributed by atoms with van der Waals surface area (Å²) >= 11 is 6.04. The number of hydrogen-bond donors (Lipinski definition) is 1. The van der Waals surface area contributed by atoms with Gasteiger partial charge >= 0.3 is 0 Å². The van der Waals surface area contributed by atoms with E-state index in [9.17, 15) is 4.79 Å². The van der Waals surface area contributed by atoms with Crippen LogP contribution >= 0.6 is 11.6 Å². The Morgan fingerprint density at radius 3 is 2.82 bits per heavy atom. The molecule has 0 aliphatic carbocycles. The third-order valence-electron chi connectivity index (χ3n) is 3.28. The van der Waals surface area contributed by atoms with Gasteiger partial charge in [-0.2, -0.15) is 0 Å². The predicted molar refractivity (Wildman–Crippen MR) is 69.2 cm³/mol. The van der Waals surface area contributed by atoms with Crippen molar-refractivity contribution in [3.8, 4) is 0 Å². The molecule has 2 atom stereocenters. The van der Waals surface area contributed by atoms with Gasteiger partial charge in [0.1, 0.15) is 0 Å². The monoisotopic (exact) mass is 252 g/mol. The molecule has 4 heteroatoms. The van der Waals surface area contributed by atoms with E-state index in [-0.39, 0.29) is 18.0 Å². The van der Waals surface area contributed by atoms with E-state index in [0.717, 1.165) is 12.8 Å². The van der Waals surface area contributed by atoms with E-state index in [4.69, 9.17) is 17.3 Å². The number of halogens is 1. The van der Waals surface area contributed by atoms with Crippen LogP contribution in [0.5, 0.6) is 0 Å². The number of piperidine rings is 1. The summed E-state index contributed by atoms with van der Waals surface area (Å²) in [5.41, 5.74) is 6.47. The maximum absolute atomic E-state index is 12.3. The highest BCUT2D eigenvalue weighted by Crippen LogP contribution is 2.22. The van der Waals surface area contributed by atoms with E-state index < -0.39 is 0 Å². The zero-order valence-corrected chi connectivity index (χ0v) is 10.7. The second-order valence-electron chi connectivity index (χ2n) is 4.61. The third kappa shape index (κ3) is 2.61. The predicted octanol–water partition coefficient (Wildman–Crippen LogP) is 2.29. The topological polar surface area (TPSA) is 46.3 Å². The third-order valence-corrected chi connectivity index (χ3v) is 3.61. The number of hydrogen-bond acceptors (Lipinski definition) is 2. The molecule has 1 aliphatic rings. The summed E-state index contributed by atoms with van der Waals surface area (Å²) in [6.45, 7) is 2.75. The van der Waals surface area contributed by atoms with Crippen molar-refractivity contribution in [3.05, 3.63) is 34.9 Å². The molecule has 2 N–H and O–H groups in total. The van der Waals surface area contributed by atoms with Crippen molar-refractivity contribution < 1.29 is 4.79 Å². The van der Waals surface area contributed by atoms with Gasteiger partial charge in [-0.05, 0) is 31.9 Å². The fraction of sp³-hybridized carbons (Fsp3) is 0.462. The zero-order valence-electron chi connectivity index (χ0n) is 9.90. The van der Waals surface area contributed by atoms with Crippen LogP contribution in [0.4, 0.5) is 0 Å². The minimum Gasteiger partial charge on any atom is -0.336 e. The average Bonchev–Trinajstić information content (AvgIpc) is 2.29. The van der Waals surface area contributed by atoms with Crippen LogP contribution in [0.15, 0.2) is 24.3 Å². The van der Waals surface area contributed by atoms with Gasteiger partial charge in [0.2, 0.25) is 0 Å². The molecule has 1 aromatic carbocycles. The van der Waals surface area contributed by atoms with E-state index in [1.165, 1.54) is 0 Å². The number of amides is 1. The Kier molecular flexibility index (Phi) is 3.69. The molecule has 0 bridgehead atoms. The van der Waals surface area contributed by atoms with Crippen LogP contribution in [0.3, 0.4) is 0 Å². The van der Waals surface area contributed by atoms with Crippen molar-refractivity contribution in [2.45, 2.75) is 31.8 Å². The Hall–Kier alpha value is -1.06. The quantitative estimate of drug-likeness (QED) is 0.834. The molecule has 0 spiro atoms. The SMILES string of the molecule is CC1CC(N)CCN1C(=O)c1ccccc1Cl. The molecule has 2 rings (SSSR count). The first-order chi connectivity index (χ1) is 8.09. The minimum absolute atomic E-state index is 0.00926. The fourth-order valence-electron chi connectivity index (χ4n) is 2.30. The van der Waals surface area contributed by atoms with E-state index in [1.54, 1.807) is 12.1 Å². The smallest absolute Gasteiger partial charge is 0.255 e. The van der Waals surface area contributed by atoms with Crippen LogP contribution in [0.25, 0.3) is 0 Å². The molecule has 1 saturated heterocycles. The molecule has 92 valence electrons. The standard InChI is InChI=1S/C13H17ClN2O/c1-9-8-10(15)6-7-16(9)13(17)11-4-2-3-5-12(11)14/h2-5,9-10H,6-8,15H2,1H3. The Balaban J connectivity index is 2.18. The van der Waals surface area contributed by atoms with Crippen molar-refractivity contribution in [2.24, 2.45) is 5.73 Å². The lowest BCUT2D eigenvalue weighted by molar-refractivity contribution is 0.0619. The normalized spacial score (nSPS) is 24.8. The molecule has 3 nitrogen and oxygen atoms in total. The molecule has 2 unspecified atom stereocenters. The maximum Gasteiger partial charge on any atom is 0.255 e. The molecule has 1 aromatic rings. The van der Waals surface area contributed by atoms with Crippen LogP contribution in [0.2, 0.25) is 5.02 Å². The van der Waals surface area contributed by atoms with Gasteiger partial charge < -0.3 is 10.6 Å². The van der Waals surface area contributed by atoms with Gasteiger partial charge in [-0.25, -0.2) is 0 Å². The van der Waals surface area contributed by atoms with Crippen molar-refractivity contribution in [1.29, 1.82) is 0 Å². The number of carbonyl (C=O) groups is 1. The largest absolute Gasteiger partial charge is 0.336 e. The van der Waals surface area contributed by atoms with Crippen molar-refractivity contribution in [3.63, 3.8) is 0 Å². The lowest BCUT2D eigenvalue weighted by Gasteiger charge is -2.36. The first-order valence-corrected chi connectivity index (χ1v) is 6.28. The average molecular weight is 253 g/mol. The van der Waals surface area contributed by atoms with Crippen molar-refractivity contribution in [1.82, 2.24) is 4.90 Å². The van der Waals surface area contributed by atoms with Crippen LogP contribution < -0.4 is 5.73 Å². The van der Waals surface area contributed by atoms with Gasteiger partial charge in [0.05, 0.1) is 10.6 Å². The second kappa shape index (κ2) is 5.07. The van der Waals surface area contributed by atoms with Gasteiger partial charge in [-0.1, -0.05) is 23.7 Å². The summed E-state index contributed by atoms with van der Waals surface area (Å²) in [5, 5.41) is 0.513. The summed E-state index contributed by atoms with van der Waals surface area (Å²) < 4.78 is 0. The van der Waals surface area contributed by atoms with Gasteiger partial charge in [0.25, 0.3) is 5.91 Å². The van der Waals surface area contributed by atoms with E-state index in [2.05, 4.69) is 0 Å². The van der Waals surface area contributed by atoms with Gasteiger partial charge in [0.15, 0.2) is 0 Å². The van der Waals surface area contributed by atoms with Crippen LogP contribution in [-0.2, 0) is 0 Å². The number of likely N-dealkylation sites (tertiary alicyclic amines) is 1. The highest BCUT2D eigenvalue weighted by molar-refractivity contribution is 6.33. The molecule has 17 heavy (non-hydrogen) atoms. The Morgan fingerprint density at radius 1 is 1.47 bits per heavy atom. The highest BCUT2D eigenvalue weighted by Gasteiger charge is 2.28. The molecule has 0 aromatic heterocycles. The molecule has 1 fully saturated rings. The Labute approximate surface area is 107 Å². The first kappa shape index (κ1) is 12.4. The maximum atomic E-state index is 12.3. The minimum atomic E-state index is 0.00926.